The summed E-state index contributed by atoms with van der Waals surface area (Å²) in [5, 5.41) is 5.89. The van der Waals surface area contributed by atoms with E-state index in [1.54, 1.807) is 31.4 Å². The third-order valence-corrected chi connectivity index (χ3v) is 4.05. The predicted octanol–water partition coefficient (Wildman–Crippen LogP) is 3.25. The molecule has 0 atom stereocenters. The number of ether oxygens (including phenoxy) is 3. The molecule has 1 aliphatic rings. The molecule has 2 heterocycles. The van der Waals surface area contributed by atoms with Crippen molar-refractivity contribution in [3.63, 3.8) is 0 Å². The van der Waals surface area contributed by atoms with E-state index in [0.717, 1.165) is 5.69 Å². The summed E-state index contributed by atoms with van der Waals surface area (Å²) in [7, 11) is 1.59. The molecule has 0 saturated carbocycles. The van der Waals surface area contributed by atoms with E-state index in [-0.39, 0.29) is 11.6 Å². The van der Waals surface area contributed by atoms with Gasteiger partial charge in [0.1, 0.15) is 30.5 Å². The summed E-state index contributed by atoms with van der Waals surface area (Å²) < 4.78 is 16.2. The standard InChI is InChI=1S/C20H18N4O4/c1-26-15-5-2-13(3-6-15)24-20(25)16-11-22-19(12-21-16)23-14-4-7-17-18(10-14)28-9-8-27-17/h2-7,10-12H,8-9H2,1H3,(H,22,23)(H,24,25). The van der Waals surface area contributed by atoms with Gasteiger partial charge in [0.05, 0.1) is 19.5 Å². The molecule has 2 N–H and O–H groups in total. The minimum absolute atomic E-state index is 0.212. The van der Waals surface area contributed by atoms with Crippen LogP contribution in [0.1, 0.15) is 10.5 Å². The second-order valence-electron chi connectivity index (χ2n) is 5.95. The number of methoxy groups -OCH3 is 1. The number of aromatic nitrogens is 2. The van der Waals surface area contributed by atoms with E-state index < -0.39 is 0 Å². The van der Waals surface area contributed by atoms with Crippen molar-refractivity contribution in [1.82, 2.24) is 9.97 Å². The number of anilines is 3. The van der Waals surface area contributed by atoms with Crippen LogP contribution in [0.15, 0.2) is 54.9 Å². The summed E-state index contributed by atoms with van der Waals surface area (Å²) in [5.74, 6) is 2.28. The zero-order valence-electron chi connectivity index (χ0n) is 15.1. The molecule has 28 heavy (non-hydrogen) atoms. The fourth-order valence-electron chi connectivity index (χ4n) is 2.65. The highest BCUT2D eigenvalue weighted by Gasteiger charge is 2.13. The molecule has 142 valence electrons. The molecule has 2 aromatic carbocycles. The number of nitrogens with one attached hydrogen (secondary N) is 2. The van der Waals surface area contributed by atoms with Gasteiger partial charge >= 0.3 is 0 Å². The zero-order chi connectivity index (χ0) is 19.3. The highest BCUT2D eigenvalue weighted by Crippen LogP contribution is 2.33. The molecule has 0 aliphatic carbocycles. The van der Waals surface area contributed by atoms with Gasteiger partial charge in [0, 0.05) is 17.4 Å². The molecule has 1 amide bonds. The average Bonchev–Trinajstić information content (AvgIpc) is 2.75. The normalized spacial score (nSPS) is 12.2. The van der Waals surface area contributed by atoms with Crippen LogP contribution in [-0.4, -0.2) is 36.2 Å². The van der Waals surface area contributed by atoms with Crippen LogP contribution in [-0.2, 0) is 0 Å². The Balaban J connectivity index is 1.41. The molecule has 1 aliphatic heterocycles. The van der Waals surface area contributed by atoms with Crippen LogP contribution in [0.25, 0.3) is 0 Å². The van der Waals surface area contributed by atoms with Crippen molar-refractivity contribution in [3.05, 3.63) is 60.6 Å². The minimum atomic E-state index is -0.344. The first-order valence-electron chi connectivity index (χ1n) is 8.65. The van der Waals surface area contributed by atoms with Crippen molar-refractivity contribution in [3.8, 4) is 17.2 Å². The maximum absolute atomic E-state index is 12.3. The molecule has 0 fully saturated rings. The first-order chi connectivity index (χ1) is 13.7. The zero-order valence-corrected chi connectivity index (χ0v) is 15.1. The topological polar surface area (TPSA) is 94.6 Å². The Kier molecular flexibility index (Phi) is 4.92. The fraction of sp³-hybridized carbons (Fsp3) is 0.150. The number of fused-ring (bicyclic) bond motifs is 1. The number of carbonyl (C=O) groups is 1. The number of hydrogen-bond acceptors (Lipinski definition) is 7. The van der Waals surface area contributed by atoms with Gasteiger partial charge in [0.25, 0.3) is 5.91 Å². The molecule has 0 bridgehead atoms. The van der Waals surface area contributed by atoms with Gasteiger partial charge in [-0.2, -0.15) is 0 Å². The average molecular weight is 378 g/mol. The maximum atomic E-state index is 12.3. The van der Waals surface area contributed by atoms with Crippen molar-refractivity contribution in [2.45, 2.75) is 0 Å². The molecule has 0 saturated heterocycles. The van der Waals surface area contributed by atoms with Crippen LogP contribution in [0.3, 0.4) is 0 Å². The van der Waals surface area contributed by atoms with Crippen LogP contribution < -0.4 is 24.8 Å². The van der Waals surface area contributed by atoms with Crippen molar-refractivity contribution in [2.75, 3.05) is 31.0 Å². The van der Waals surface area contributed by atoms with Gasteiger partial charge in [0.2, 0.25) is 0 Å². The van der Waals surface area contributed by atoms with Crippen LogP contribution in [0.4, 0.5) is 17.2 Å². The first kappa shape index (κ1) is 17.6. The SMILES string of the molecule is COc1ccc(NC(=O)c2cnc(Nc3ccc4c(c3)OCCO4)cn2)cc1. The number of benzene rings is 2. The predicted molar refractivity (Wildman–Crippen MR) is 104 cm³/mol. The van der Waals surface area contributed by atoms with E-state index in [4.69, 9.17) is 14.2 Å². The van der Waals surface area contributed by atoms with Crippen LogP contribution >= 0.6 is 0 Å². The lowest BCUT2D eigenvalue weighted by atomic mass is 10.2. The van der Waals surface area contributed by atoms with Gasteiger partial charge in [-0.15, -0.1) is 0 Å². The van der Waals surface area contributed by atoms with E-state index in [1.165, 1.54) is 12.4 Å². The number of nitrogens with zero attached hydrogens (tertiary/aromatic N) is 2. The van der Waals surface area contributed by atoms with Gasteiger partial charge in [-0.1, -0.05) is 0 Å². The number of hydrogen-bond donors (Lipinski definition) is 2. The highest BCUT2D eigenvalue weighted by atomic mass is 16.6. The van der Waals surface area contributed by atoms with E-state index >= 15 is 0 Å². The van der Waals surface area contributed by atoms with Gasteiger partial charge in [-0.05, 0) is 36.4 Å². The lowest BCUT2D eigenvalue weighted by Crippen LogP contribution is -2.15. The lowest BCUT2D eigenvalue weighted by molar-refractivity contribution is 0.102. The quantitative estimate of drug-likeness (QED) is 0.704. The number of amides is 1. The summed E-state index contributed by atoms with van der Waals surface area (Å²) in [4.78, 5) is 20.7. The van der Waals surface area contributed by atoms with Crippen molar-refractivity contribution < 1.29 is 19.0 Å². The van der Waals surface area contributed by atoms with E-state index in [0.29, 0.717) is 42.0 Å². The van der Waals surface area contributed by atoms with Crippen molar-refractivity contribution >= 4 is 23.1 Å². The Morgan fingerprint density at radius 1 is 0.964 bits per heavy atom. The van der Waals surface area contributed by atoms with Gasteiger partial charge < -0.3 is 24.8 Å². The van der Waals surface area contributed by atoms with Crippen LogP contribution in [0.2, 0.25) is 0 Å². The molecular weight excluding hydrogens is 360 g/mol. The molecular formula is C20H18N4O4. The molecule has 4 rings (SSSR count). The summed E-state index contributed by atoms with van der Waals surface area (Å²) >= 11 is 0. The smallest absolute Gasteiger partial charge is 0.275 e. The number of rotatable bonds is 5. The molecule has 8 heteroatoms. The second-order valence-corrected chi connectivity index (χ2v) is 5.95. The number of carbonyl (C=O) groups excluding carboxylic acids is 1. The van der Waals surface area contributed by atoms with Crippen LogP contribution in [0.5, 0.6) is 17.2 Å². The van der Waals surface area contributed by atoms with Gasteiger partial charge in [0.15, 0.2) is 11.5 Å². The Bertz CT molecular complexity index is 975. The van der Waals surface area contributed by atoms with Crippen LogP contribution in [0, 0.1) is 0 Å². The molecule has 0 spiro atoms. The second kappa shape index (κ2) is 7.83. The van der Waals surface area contributed by atoms with E-state index in [1.807, 2.05) is 18.2 Å². The largest absolute Gasteiger partial charge is 0.497 e. The Morgan fingerprint density at radius 3 is 2.43 bits per heavy atom. The first-order valence-corrected chi connectivity index (χ1v) is 8.65. The Morgan fingerprint density at radius 2 is 1.71 bits per heavy atom. The van der Waals surface area contributed by atoms with Crippen molar-refractivity contribution in [2.24, 2.45) is 0 Å². The summed E-state index contributed by atoms with van der Waals surface area (Å²) in [5.41, 5.74) is 1.64. The highest BCUT2D eigenvalue weighted by molar-refractivity contribution is 6.02. The van der Waals surface area contributed by atoms with E-state index in [9.17, 15) is 4.79 Å². The van der Waals surface area contributed by atoms with E-state index in [2.05, 4.69) is 20.6 Å². The molecule has 0 radical (unpaired) electrons. The summed E-state index contributed by atoms with van der Waals surface area (Å²) in [6.45, 7) is 1.07. The molecule has 3 aromatic rings. The minimum Gasteiger partial charge on any atom is -0.497 e. The molecule has 0 unspecified atom stereocenters. The third-order valence-electron chi connectivity index (χ3n) is 4.05. The molecule has 8 nitrogen and oxygen atoms in total. The Hall–Kier alpha value is -3.81. The fourth-order valence-corrected chi connectivity index (χ4v) is 2.65. The maximum Gasteiger partial charge on any atom is 0.275 e. The Labute approximate surface area is 161 Å². The van der Waals surface area contributed by atoms with Crippen molar-refractivity contribution in [1.29, 1.82) is 0 Å². The van der Waals surface area contributed by atoms with Gasteiger partial charge in [-0.25, -0.2) is 9.97 Å². The monoisotopic (exact) mass is 378 g/mol. The summed E-state index contributed by atoms with van der Waals surface area (Å²) in [6.07, 6.45) is 2.92. The van der Waals surface area contributed by atoms with Gasteiger partial charge in [-0.3, -0.25) is 4.79 Å². The summed E-state index contributed by atoms with van der Waals surface area (Å²) in [6, 6.07) is 12.6. The third kappa shape index (κ3) is 3.96. The molecule has 1 aromatic heterocycles. The lowest BCUT2D eigenvalue weighted by Gasteiger charge is -2.19.